The average Bonchev–Trinajstić information content (AvgIpc) is 2.79. The molecule has 0 aliphatic rings. The van der Waals surface area contributed by atoms with E-state index in [-0.39, 0.29) is 12.3 Å². The maximum Gasteiger partial charge on any atom is 0.389 e. The van der Waals surface area contributed by atoms with Crippen LogP contribution in [0.25, 0.3) is 10.9 Å². The van der Waals surface area contributed by atoms with Crippen molar-refractivity contribution in [2.24, 2.45) is 10.9 Å². The molecule has 2 rings (SSSR count). The van der Waals surface area contributed by atoms with E-state index in [4.69, 9.17) is 10.9 Å². The molecule has 0 fully saturated rings. The van der Waals surface area contributed by atoms with E-state index in [0.717, 1.165) is 10.9 Å². The molecule has 0 unspecified atom stereocenters. The zero-order chi connectivity index (χ0) is 14.8. The first-order valence-corrected chi connectivity index (χ1v) is 6.04. The molecule has 108 valence electrons. The number of aryl methyl sites for hydroxylation is 1. The number of rotatable bonds is 4. The van der Waals surface area contributed by atoms with E-state index in [2.05, 4.69) is 5.16 Å². The molecular formula is C13H14F3N3O. The number of halogens is 3. The number of amidine groups is 1. The lowest BCUT2D eigenvalue weighted by atomic mass is 10.1. The molecule has 0 aliphatic heterocycles. The number of nitrogens with two attached hydrogens (primary N) is 1. The predicted octanol–water partition coefficient (Wildman–Crippen LogP) is 3.08. The number of alkyl halides is 3. The van der Waals surface area contributed by atoms with Crippen molar-refractivity contribution < 1.29 is 18.4 Å². The van der Waals surface area contributed by atoms with Gasteiger partial charge >= 0.3 is 6.18 Å². The number of hydrogen-bond acceptors (Lipinski definition) is 2. The Bertz CT molecular complexity index is 631. The number of oxime groups is 1. The first-order valence-electron chi connectivity index (χ1n) is 6.04. The summed E-state index contributed by atoms with van der Waals surface area (Å²) in [4.78, 5) is 0. The third-order valence-corrected chi connectivity index (χ3v) is 3.03. The summed E-state index contributed by atoms with van der Waals surface area (Å²) < 4.78 is 38.1. The molecule has 7 heteroatoms. The molecule has 1 aromatic heterocycles. The Morgan fingerprint density at radius 3 is 2.70 bits per heavy atom. The van der Waals surface area contributed by atoms with Crippen LogP contribution in [0.1, 0.15) is 18.4 Å². The smallest absolute Gasteiger partial charge is 0.389 e. The van der Waals surface area contributed by atoms with E-state index in [0.29, 0.717) is 12.1 Å². The van der Waals surface area contributed by atoms with E-state index >= 15 is 0 Å². The Labute approximate surface area is 113 Å². The van der Waals surface area contributed by atoms with Crippen LogP contribution < -0.4 is 5.73 Å². The maximum absolute atomic E-state index is 12.1. The molecule has 0 aliphatic carbocycles. The maximum atomic E-state index is 12.1. The van der Waals surface area contributed by atoms with Gasteiger partial charge in [-0.05, 0) is 30.7 Å². The second-order valence-electron chi connectivity index (χ2n) is 4.49. The van der Waals surface area contributed by atoms with Crippen molar-refractivity contribution in [2.45, 2.75) is 25.6 Å². The summed E-state index contributed by atoms with van der Waals surface area (Å²) in [6.07, 6.45) is -3.15. The summed E-state index contributed by atoms with van der Waals surface area (Å²) in [7, 11) is 0. The summed E-state index contributed by atoms with van der Waals surface area (Å²) in [5.74, 6) is -0.00304. The molecule has 20 heavy (non-hydrogen) atoms. The van der Waals surface area contributed by atoms with Gasteiger partial charge in [0.25, 0.3) is 0 Å². The Kier molecular flexibility index (Phi) is 3.87. The normalized spacial score (nSPS) is 13.1. The van der Waals surface area contributed by atoms with Crippen LogP contribution in [-0.2, 0) is 6.54 Å². The second kappa shape index (κ2) is 5.44. The van der Waals surface area contributed by atoms with Gasteiger partial charge < -0.3 is 15.5 Å². The number of fused-ring (bicyclic) bond motifs is 1. The lowest BCUT2D eigenvalue weighted by molar-refractivity contribution is -0.135. The van der Waals surface area contributed by atoms with Gasteiger partial charge in [0.1, 0.15) is 0 Å². The third-order valence-electron chi connectivity index (χ3n) is 3.03. The van der Waals surface area contributed by atoms with Crippen LogP contribution in [0.2, 0.25) is 0 Å². The summed E-state index contributed by atoms with van der Waals surface area (Å²) in [5, 5.41) is 12.4. The van der Waals surface area contributed by atoms with Gasteiger partial charge in [0, 0.05) is 35.6 Å². The molecule has 2 aromatic rings. The first kappa shape index (κ1) is 14.2. The van der Waals surface area contributed by atoms with Crippen LogP contribution in [0, 0.1) is 0 Å². The standard InChI is InChI=1S/C13H14F3N3O/c14-13(15,16)5-1-6-19-7-4-9-8-10(12(17)18-20)2-3-11(9)19/h2-4,7-8,20H,1,5-6H2,(H2,17,18). The quantitative estimate of drug-likeness (QED) is 0.392. The van der Waals surface area contributed by atoms with Crippen molar-refractivity contribution >= 4 is 16.7 Å². The lowest BCUT2D eigenvalue weighted by Gasteiger charge is -2.08. The lowest BCUT2D eigenvalue weighted by Crippen LogP contribution is -2.12. The van der Waals surface area contributed by atoms with Crippen molar-refractivity contribution in [3.63, 3.8) is 0 Å². The van der Waals surface area contributed by atoms with E-state index in [9.17, 15) is 13.2 Å². The summed E-state index contributed by atoms with van der Waals surface area (Å²) in [6, 6.07) is 6.93. The Balaban J connectivity index is 2.16. The Morgan fingerprint density at radius 1 is 1.30 bits per heavy atom. The minimum Gasteiger partial charge on any atom is -0.409 e. The number of benzene rings is 1. The van der Waals surface area contributed by atoms with Crippen molar-refractivity contribution in [2.75, 3.05) is 0 Å². The fourth-order valence-corrected chi connectivity index (χ4v) is 2.06. The van der Waals surface area contributed by atoms with Crippen LogP contribution in [0.3, 0.4) is 0 Å². The number of nitrogens with zero attached hydrogens (tertiary/aromatic N) is 2. The van der Waals surface area contributed by atoms with Gasteiger partial charge in [0.15, 0.2) is 5.84 Å². The number of hydrogen-bond donors (Lipinski definition) is 2. The molecule has 0 saturated heterocycles. The predicted molar refractivity (Wildman–Crippen MR) is 69.7 cm³/mol. The highest BCUT2D eigenvalue weighted by molar-refractivity contribution is 6.00. The van der Waals surface area contributed by atoms with Gasteiger partial charge in [0.2, 0.25) is 0 Å². The van der Waals surface area contributed by atoms with Gasteiger partial charge in [0.05, 0.1) is 0 Å². The largest absolute Gasteiger partial charge is 0.409 e. The van der Waals surface area contributed by atoms with Crippen LogP contribution in [0.4, 0.5) is 13.2 Å². The van der Waals surface area contributed by atoms with Gasteiger partial charge in [-0.3, -0.25) is 0 Å². The van der Waals surface area contributed by atoms with E-state index < -0.39 is 12.6 Å². The summed E-state index contributed by atoms with van der Waals surface area (Å²) >= 11 is 0. The fourth-order valence-electron chi connectivity index (χ4n) is 2.06. The summed E-state index contributed by atoms with van der Waals surface area (Å²) in [5.41, 5.74) is 6.87. The van der Waals surface area contributed by atoms with Gasteiger partial charge in [-0.25, -0.2) is 0 Å². The minimum atomic E-state index is -4.12. The average molecular weight is 285 g/mol. The first-order chi connectivity index (χ1) is 9.40. The van der Waals surface area contributed by atoms with Crippen LogP contribution in [0.15, 0.2) is 35.6 Å². The Morgan fingerprint density at radius 2 is 2.05 bits per heavy atom. The van der Waals surface area contributed by atoms with Crippen LogP contribution in [-0.4, -0.2) is 21.8 Å². The highest BCUT2D eigenvalue weighted by Crippen LogP contribution is 2.23. The molecule has 1 aromatic carbocycles. The topological polar surface area (TPSA) is 63.5 Å². The fraction of sp³-hybridized carbons (Fsp3) is 0.308. The van der Waals surface area contributed by atoms with Crippen LogP contribution in [0.5, 0.6) is 0 Å². The molecule has 0 amide bonds. The molecule has 0 saturated carbocycles. The van der Waals surface area contributed by atoms with Crippen LogP contribution >= 0.6 is 0 Å². The molecule has 1 heterocycles. The Hall–Kier alpha value is -2.18. The molecule has 0 atom stereocenters. The molecule has 0 radical (unpaired) electrons. The summed E-state index contributed by atoms with van der Waals surface area (Å²) in [6.45, 7) is 0.298. The number of aromatic nitrogens is 1. The highest BCUT2D eigenvalue weighted by Gasteiger charge is 2.26. The third kappa shape index (κ3) is 3.23. The van der Waals surface area contributed by atoms with E-state index in [1.54, 1.807) is 35.0 Å². The SMILES string of the molecule is N/C(=N/O)c1ccc2c(ccn2CCCC(F)(F)F)c1. The second-order valence-corrected chi connectivity index (χ2v) is 4.49. The zero-order valence-corrected chi connectivity index (χ0v) is 10.6. The molecule has 0 bridgehead atoms. The van der Waals surface area contributed by atoms with Gasteiger partial charge in [-0.1, -0.05) is 5.16 Å². The molecule has 0 spiro atoms. The highest BCUT2D eigenvalue weighted by atomic mass is 19.4. The molecule has 3 N–H and O–H groups in total. The minimum absolute atomic E-state index is 0.00304. The van der Waals surface area contributed by atoms with Crippen molar-refractivity contribution in [1.29, 1.82) is 0 Å². The van der Waals surface area contributed by atoms with E-state index in [1.807, 2.05) is 0 Å². The molecule has 4 nitrogen and oxygen atoms in total. The van der Waals surface area contributed by atoms with Gasteiger partial charge in [-0.2, -0.15) is 13.2 Å². The van der Waals surface area contributed by atoms with Gasteiger partial charge in [-0.15, -0.1) is 0 Å². The monoisotopic (exact) mass is 285 g/mol. The van der Waals surface area contributed by atoms with E-state index in [1.165, 1.54) is 0 Å². The van der Waals surface area contributed by atoms with Crippen molar-refractivity contribution in [3.05, 3.63) is 36.0 Å². The zero-order valence-electron chi connectivity index (χ0n) is 10.6. The van der Waals surface area contributed by atoms with Crippen molar-refractivity contribution in [1.82, 2.24) is 4.57 Å². The molecular weight excluding hydrogens is 271 g/mol. The van der Waals surface area contributed by atoms with Crippen molar-refractivity contribution in [3.8, 4) is 0 Å².